The van der Waals surface area contributed by atoms with Gasteiger partial charge in [-0.15, -0.1) is 0 Å². The SMILES string of the molecule is NC(=O)CN(C1CCCC1)S(=O)(=O)c1ccccc1N. The number of benzene rings is 1. The number of hydrogen-bond acceptors (Lipinski definition) is 4. The molecule has 0 atom stereocenters. The second-order valence-electron chi connectivity index (χ2n) is 4.99. The fourth-order valence-electron chi connectivity index (χ4n) is 2.60. The largest absolute Gasteiger partial charge is 0.398 e. The third-order valence-electron chi connectivity index (χ3n) is 3.55. The van der Waals surface area contributed by atoms with Crippen LogP contribution in [-0.2, 0) is 14.8 Å². The number of carbonyl (C=O) groups is 1. The number of carbonyl (C=O) groups excluding carboxylic acids is 1. The van der Waals surface area contributed by atoms with E-state index in [9.17, 15) is 13.2 Å². The number of nitrogens with two attached hydrogens (primary N) is 2. The summed E-state index contributed by atoms with van der Waals surface area (Å²) in [5.74, 6) is -0.657. The van der Waals surface area contributed by atoms with Gasteiger partial charge in [0.2, 0.25) is 15.9 Å². The second-order valence-corrected chi connectivity index (χ2v) is 6.85. The molecule has 20 heavy (non-hydrogen) atoms. The number of amides is 1. The number of hydrogen-bond donors (Lipinski definition) is 2. The minimum absolute atomic E-state index is 0.0353. The Bertz CT molecular complexity index is 595. The molecule has 1 amide bonds. The van der Waals surface area contributed by atoms with Gasteiger partial charge in [-0.05, 0) is 25.0 Å². The molecule has 0 bridgehead atoms. The number of rotatable bonds is 5. The highest BCUT2D eigenvalue weighted by Crippen LogP contribution is 2.30. The van der Waals surface area contributed by atoms with Crippen molar-refractivity contribution in [2.75, 3.05) is 12.3 Å². The molecule has 1 fully saturated rings. The highest BCUT2D eigenvalue weighted by molar-refractivity contribution is 7.89. The fraction of sp³-hybridized carbons (Fsp3) is 0.462. The lowest BCUT2D eigenvalue weighted by molar-refractivity contribution is -0.118. The average Bonchev–Trinajstić information content (AvgIpc) is 2.89. The second kappa shape index (κ2) is 5.80. The van der Waals surface area contributed by atoms with Crippen LogP contribution in [0.2, 0.25) is 0 Å². The van der Waals surface area contributed by atoms with Crippen molar-refractivity contribution in [1.82, 2.24) is 4.31 Å². The first kappa shape index (κ1) is 14.8. The smallest absolute Gasteiger partial charge is 0.245 e. The van der Waals surface area contributed by atoms with Crippen LogP contribution in [-0.4, -0.2) is 31.2 Å². The lowest BCUT2D eigenvalue weighted by Gasteiger charge is -2.27. The monoisotopic (exact) mass is 297 g/mol. The molecule has 1 aromatic rings. The zero-order valence-corrected chi connectivity index (χ0v) is 12.0. The highest BCUT2D eigenvalue weighted by Gasteiger charge is 2.35. The molecule has 0 aliphatic heterocycles. The summed E-state index contributed by atoms with van der Waals surface area (Å²) in [6, 6.07) is 6.09. The molecule has 2 rings (SSSR count). The van der Waals surface area contributed by atoms with E-state index in [0.29, 0.717) is 0 Å². The maximum atomic E-state index is 12.7. The van der Waals surface area contributed by atoms with Gasteiger partial charge in [-0.2, -0.15) is 4.31 Å². The predicted octanol–water partition coefficient (Wildman–Crippen LogP) is 0.687. The van der Waals surface area contributed by atoms with Crippen molar-refractivity contribution in [3.05, 3.63) is 24.3 Å². The van der Waals surface area contributed by atoms with E-state index in [4.69, 9.17) is 11.5 Å². The van der Waals surface area contributed by atoms with E-state index in [1.54, 1.807) is 12.1 Å². The van der Waals surface area contributed by atoms with Crippen LogP contribution in [0, 0.1) is 0 Å². The van der Waals surface area contributed by atoms with Crippen LogP contribution in [0.5, 0.6) is 0 Å². The molecule has 1 aliphatic carbocycles. The molecule has 7 heteroatoms. The number of primary amides is 1. The first-order valence-corrected chi connectivity index (χ1v) is 8.01. The van der Waals surface area contributed by atoms with Crippen molar-refractivity contribution in [3.8, 4) is 0 Å². The number of anilines is 1. The van der Waals surface area contributed by atoms with E-state index in [0.717, 1.165) is 25.7 Å². The van der Waals surface area contributed by atoms with Crippen LogP contribution in [0.1, 0.15) is 25.7 Å². The maximum Gasteiger partial charge on any atom is 0.245 e. The van der Waals surface area contributed by atoms with Gasteiger partial charge < -0.3 is 11.5 Å². The standard InChI is InChI=1S/C13H19N3O3S/c14-11-7-3-4-8-12(11)20(18,19)16(9-13(15)17)10-5-1-2-6-10/h3-4,7-8,10H,1-2,5-6,9,14H2,(H2,15,17). The highest BCUT2D eigenvalue weighted by atomic mass is 32.2. The Labute approximate surface area is 118 Å². The molecule has 0 spiro atoms. The van der Waals surface area contributed by atoms with Gasteiger partial charge in [-0.3, -0.25) is 4.79 Å². The Morgan fingerprint density at radius 3 is 2.40 bits per heavy atom. The van der Waals surface area contributed by atoms with Crippen LogP contribution in [0.15, 0.2) is 29.2 Å². The third kappa shape index (κ3) is 2.94. The van der Waals surface area contributed by atoms with Crippen molar-refractivity contribution in [2.45, 2.75) is 36.6 Å². The fourth-order valence-corrected chi connectivity index (χ4v) is 4.37. The number of nitrogens with zero attached hydrogens (tertiary/aromatic N) is 1. The molecule has 1 aromatic carbocycles. The molecule has 1 aliphatic rings. The van der Waals surface area contributed by atoms with Gasteiger partial charge in [0.1, 0.15) is 4.90 Å². The summed E-state index contributed by atoms with van der Waals surface area (Å²) in [5.41, 5.74) is 11.1. The van der Waals surface area contributed by atoms with E-state index >= 15 is 0 Å². The van der Waals surface area contributed by atoms with Crippen molar-refractivity contribution < 1.29 is 13.2 Å². The Balaban J connectivity index is 2.41. The quantitative estimate of drug-likeness (QED) is 0.780. The molecule has 0 unspecified atom stereocenters. The Hall–Kier alpha value is -1.60. The van der Waals surface area contributed by atoms with Crippen LogP contribution < -0.4 is 11.5 Å². The summed E-state index contributed by atoms with van der Waals surface area (Å²) in [5, 5.41) is 0. The van der Waals surface area contributed by atoms with Gasteiger partial charge in [0.15, 0.2) is 0 Å². The summed E-state index contributed by atoms with van der Waals surface area (Å²) in [6.07, 6.45) is 3.41. The summed E-state index contributed by atoms with van der Waals surface area (Å²) >= 11 is 0. The Kier molecular flexibility index (Phi) is 4.29. The molecule has 0 saturated heterocycles. The van der Waals surface area contributed by atoms with Gasteiger partial charge in [-0.25, -0.2) is 8.42 Å². The first-order valence-electron chi connectivity index (χ1n) is 6.57. The number of nitrogen functional groups attached to an aromatic ring is 1. The van der Waals surface area contributed by atoms with Crippen molar-refractivity contribution in [1.29, 1.82) is 0 Å². The lowest BCUT2D eigenvalue weighted by Crippen LogP contribution is -2.44. The summed E-state index contributed by atoms with van der Waals surface area (Å²) < 4.78 is 26.6. The van der Waals surface area contributed by atoms with Crippen LogP contribution >= 0.6 is 0 Å². The Morgan fingerprint density at radius 1 is 1.25 bits per heavy atom. The van der Waals surface area contributed by atoms with Gasteiger partial charge in [-0.1, -0.05) is 25.0 Å². The van der Waals surface area contributed by atoms with E-state index in [2.05, 4.69) is 0 Å². The van der Waals surface area contributed by atoms with Crippen LogP contribution in [0.4, 0.5) is 5.69 Å². The maximum absolute atomic E-state index is 12.7. The molecule has 0 aromatic heterocycles. The zero-order chi connectivity index (χ0) is 14.8. The summed E-state index contributed by atoms with van der Waals surface area (Å²) in [7, 11) is -3.80. The van der Waals surface area contributed by atoms with Crippen molar-refractivity contribution in [2.24, 2.45) is 5.73 Å². The van der Waals surface area contributed by atoms with Gasteiger partial charge in [0.25, 0.3) is 0 Å². The third-order valence-corrected chi connectivity index (χ3v) is 5.52. The molecule has 6 nitrogen and oxygen atoms in total. The molecule has 4 N–H and O–H groups in total. The molecule has 1 saturated carbocycles. The van der Waals surface area contributed by atoms with Gasteiger partial charge >= 0.3 is 0 Å². The van der Waals surface area contributed by atoms with E-state index < -0.39 is 15.9 Å². The zero-order valence-electron chi connectivity index (χ0n) is 11.2. The topological polar surface area (TPSA) is 106 Å². The minimum atomic E-state index is -3.80. The van der Waals surface area contributed by atoms with Crippen LogP contribution in [0.3, 0.4) is 0 Å². The molecular formula is C13H19N3O3S. The number of para-hydroxylation sites is 1. The molecule has 0 radical (unpaired) electrons. The normalized spacial score (nSPS) is 16.6. The van der Waals surface area contributed by atoms with E-state index in [1.807, 2.05) is 0 Å². The minimum Gasteiger partial charge on any atom is -0.398 e. The molecular weight excluding hydrogens is 278 g/mol. The predicted molar refractivity (Wildman–Crippen MR) is 76.2 cm³/mol. The van der Waals surface area contributed by atoms with Crippen molar-refractivity contribution in [3.63, 3.8) is 0 Å². The Morgan fingerprint density at radius 2 is 1.85 bits per heavy atom. The first-order chi connectivity index (χ1) is 9.43. The van der Waals surface area contributed by atoms with E-state index in [1.165, 1.54) is 16.4 Å². The molecule has 110 valence electrons. The van der Waals surface area contributed by atoms with Crippen molar-refractivity contribution >= 4 is 21.6 Å². The van der Waals surface area contributed by atoms with Gasteiger partial charge in [0.05, 0.1) is 12.2 Å². The van der Waals surface area contributed by atoms with Gasteiger partial charge in [0, 0.05) is 6.04 Å². The van der Waals surface area contributed by atoms with E-state index in [-0.39, 0.29) is 23.2 Å². The van der Waals surface area contributed by atoms with Crippen LogP contribution in [0.25, 0.3) is 0 Å². The number of sulfonamides is 1. The summed E-state index contributed by atoms with van der Waals surface area (Å²) in [6.45, 7) is -0.304. The average molecular weight is 297 g/mol. The lowest BCUT2D eigenvalue weighted by atomic mass is 10.2. The molecule has 0 heterocycles. The summed E-state index contributed by atoms with van der Waals surface area (Å²) in [4.78, 5) is 11.2.